The van der Waals surface area contributed by atoms with Crippen LogP contribution in [0.2, 0.25) is 0 Å². The van der Waals surface area contributed by atoms with Crippen molar-refractivity contribution < 1.29 is 57.7 Å². The van der Waals surface area contributed by atoms with Crippen molar-refractivity contribution in [1.82, 2.24) is 15.7 Å². The molecule has 4 rings (SSSR count). The van der Waals surface area contributed by atoms with E-state index in [0.29, 0.717) is 50.3 Å². The Morgan fingerprint density at radius 3 is 2.45 bits per heavy atom. The van der Waals surface area contributed by atoms with Gasteiger partial charge in [-0.15, -0.1) is 5.06 Å². The molecule has 4 aliphatic rings. The minimum absolute atomic E-state index is 0.0428. The summed E-state index contributed by atoms with van der Waals surface area (Å²) in [4.78, 5) is 76.2. The maximum absolute atomic E-state index is 12.7. The lowest BCUT2D eigenvalue weighted by atomic mass is 9.87. The van der Waals surface area contributed by atoms with E-state index in [4.69, 9.17) is 23.8 Å². The highest BCUT2D eigenvalue weighted by atomic mass is 16.7. The number of nitrogens with one attached hydrogen (secondary N) is 2. The maximum Gasteiger partial charge on any atom is 0.333 e. The first-order valence-electron chi connectivity index (χ1n) is 18.6. The zero-order valence-electron chi connectivity index (χ0n) is 31.4. The monoisotopic (exact) mass is 745 g/mol. The van der Waals surface area contributed by atoms with Crippen LogP contribution in [0.15, 0.2) is 36.0 Å². The summed E-state index contributed by atoms with van der Waals surface area (Å²) in [6.07, 6.45) is 9.83. The second kappa shape index (κ2) is 19.4. The van der Waals surface area contributed by atoms with Crippen molar-refractivity contribution in [2.75, 3.05) is 13.2 Å². The largest absolute Gasteiger partial charge is 0.459 e. The molecule has 0 aromatic carbocycles. The number of imide groups is 1. The molecule has 4 saturated heterocycles. The Hall–Kier alpha value is -3.92. The van der Waals surface area contributed by atoms with Crippen LogP contribution in [-0.2, 0) is 52.6 Å². The third kappa shape index (κ3) is 12.9. The van der Waals surface area contributed by atoms with E-state index in [0.717, 1.165) is 12.0 Å². The molecule has 53 heavy (non-hydrogen) atoms. The molecule has 4 amide bonds. The molecule has 294 valence electrons. The molecule has 4 heterocycles. The maximum atomic E-state index is 12.7. The van der Waals surface area contributed by atoms with E-state index in [1.807, 2.05) is 19.9 Å². The summed E-state index contributed by atoms with van der Waals surface area (Å²) >= 11 is 0. The van der Waals surface area contributed by atoms with Crippen molar-refractivity contribution in [3.8, 4) is 0 Å². The van der Waals surface area contributed by atoms with E-state index >= 15 is 0 Å². The molecule has 0 aromatic rings. The van der Waals surface area contributed by atoms with E-state index in [9.17, 15) is 33.9 Å². The van der Waals surface area contributed by atoms with Gasteiger partial charge in [-0.25, -0.2) is 4.79 Å². The van der Waals surface area contributed by atoms with Crippen LogP contribution in [0.4, 0.5) is 0 Å². The van der Waals surface area contributed by atoms with Gasteiger partial charge in [0.25, 0.3) is 11.8 Å². The molecule has 3 N–H and O–H groups in total. The van der Waals surface area contributed by atoms with Crippen LogP contribution in [0.25, 0.3) is 0 Å². The number of aliphatic hydroxyl groups excluding tert-OH is 1. The van der Waals surface area contributed by atoms with Crippen molar-refractivity contribution in [2.45, 2.75) is 147 Å². The molecular weight excluding hydrogens is 690 g/mol. The average Bonchev–Trinajstić information content (AvgIpc) is 3.80. The molecule has 15 heteroatoms. The Balaban J connectivity index is 1.16. The lowest BCUT2D eigenvalue weighted by Crippen LogP contribution is -2.50. The quantitative estimate of drug-likeness (QED) is 0.0492. The van der Waals surface area contributed by atoms with E-state index in [1.54, 1.807) is 13.0 Å². The summed E-state index contributed by atoms with van der Waals surface area (Å²) in [5.41, 5.74) is 0.238. The van der Waals surface area contributed by atoms with Gasteiger partial charge >= 0.3 is 11.9 Å². The predicted molar refractivity (Wildman–Crippen MR) is 189 cm³/mol. The second-order valence-corrected chi connectivity index (χ2v) is 14.6. The van der Waals surface area contributed by atoms with Crippen LogP contribution in [0.1, 0.15) is 98.8 Å². The molecule has 4 aliphatic heterocycles. The Morgan fingerprint density at radius 2 is 1.77 bits per heavy atom. The number of ether oxygens (including phenoxy) is 4. The lowest BCUT2D eigenvalue weighted by Gasteiger charge is -2.39. The Kier molecular flexibility index (Phi) is 15.3. The number of epoxide rings is 1. The second-order valence-electron chi connectivity index (χ2n) is 14.6. The number of esters is 1. The number of amides is 4. The number of carbonyl (C=O) groups excluding carboxylic acids is 6. The van der Waals surface area contributed by atoms with Crippen LogP contribution in [-0.4, -0.2) is 107 Å². The van der Waals surface area contributed by atoms with Crippen molar-refractivity contribution in [2.24, 2.45) is 5.92 Å². The van der Waals surface area contributed by atoms with Gasteiger partial charge in [-0.1, -0.05) is 37.1 Å². The first-order valence-corrected chi connectivity index (χ1v) is 18.6. The summed E-state index contributed by atoms with van der Waals surface area (Å²) in [5, 5.41) is 17.4. The zero-order chi connectivity index (χ0) is 38.7. The smallest absolute Gasteiger partial charge is 0.333 e. The van der Waals surface area contributed by atoms with Gasteiger partial charge in [-0.05, 0) is 58.4 Å². The fourth-order valence-corrected chi connectivity index (χ4v) is 6.77. The molecule has 0 aliphatic carbocycles. The highest BCUT2D eigenvalue weighted by Gasteiger charge is 2.58. The number of hydroxylamine groups is 2. The highest BCUT2D eigenvalue weighted by Crippen LogP contribution is 2.43. The van der Waals surface area contributed by atoms with Crippen LogP contribution in [0, 0.1) is 5.92 Å². The third-order valence-electron chi connectivity index (χ3n) is 9.92. The van der Waals surface area contributed by atoms with E-state index in [-0.39, 0.29) is 61.7 Å². The van der Waals surface area contributed by atoms with Crippen LogP contribution < -0.4 is 10.6 Å². The fraction of sp³-hybridized carbons (Fsp3) is 0.684. The van der Waals surface area contributed by atoms with Crippen LogP contribution in [0.5, 0.6) is 0 Å². The van der Waals surface area contributed by atoms with Gasteiger partial charge in [-0.3, -0.25) is 24.0 Å². The number of rotatable bonds is 17. The topological polar surface area (TPSA) is 199 Å². The zero-order valence-corrected chi connectivity index (χ0v) is 31.4. The Labute approximate surface area is 310 Å². The van der Waals surface area contributed by atoms with Crippen molar-refractivity contribution >= 4 is 35.6 Å². The molecule has 0 bridgehead atoms. The summed E-state index contributed by atoms with van der Waals surface area (Å²) in [6.45, 7) is 9.81. The van der Waals surface area contributed by atoms with Gasteiger partial charge in [0.15, 0.2) is 0 Å². The molecule has 0 radical (unpaired) electrons. The Bertz CT molecular complexity index is 1420. The number of aliphatic hydroxyl groups is 1. The average molecular weight is 746 g/mol. The predicted octanol–water partition coefficient (Wildman–Crippen LogP) is 2.65. The third-order valence-corrected chi connectivity index (χ3v) is 9.92. The number of carbonyl (C=O) groups is 6. The number of hydrogen-bond donors (Lipinski definition) is 3. The van der Waals surface area contributed by atoms with Crippen LogP contribution >= 0.6 is 0 Å². The fourth-order valence-electron chi connectivity index (χ4n) is 6.77. The standard InChI is InChI=1S/C38H55N3O12/c1-23(10-13-30-24(2)19-29(26(4)51-30)40-32(43)15-12-25(3)50-27(5)42)11-14-31-37(48)38(22-49-38)21-28(52-31)20-33(44)39-18-8-6-7-9-36(47)53-41-34(45)16-17-35(41)46/h10-12,14-15,24-26,28-31,37,48H,6-9,13,16-22H2,1-5H3,(H,39,44)(H,40,43)/b14-11+,15-12?,23-10+/t24-,25?,26+,28+,29+,30-,31+,37+,38+/m0/s1. The number of allylic oxidation sites excluding steroid dienone is 2. The minimum Gasteiger partial charge on any atom is -0.459 e. The normalized spacial score (nSPS) is 30.9. The minimum atomic E-state index is -0.867. The highest BCUT2D eigenvalue weighted by molar-refractivity contribution is 6.01. The number of nitrogens with zero attached hydrogens (tertiary/aromatic N) is 1. The first-order chi connectivity index (χ1) is 25.2. The van der Waals surface area contributed by atoms with Gasteiger partial charge in [0.05, 0.1) is 37.4 Å². The van der Waals surface area contributed by atoms with Gasteiger partial charge in [0.1, 0.15) is 23.9 Å². The molecule has 15 nitrogen and oxygen atoms in total. The van der Waals surface area contributed by atoms with E-state index in [1.165, 1.54) is 19.1 Å². The first kappa shape index (κ1) is 41.8. The molecule has 0 aromatic heterocycles. The van der Waals surface area contributed by atoms with Crippen molar-refractivity contribution in [3.63, 3.8) is 0 Å². The number of hydrogen-bond acceptors (Lipinski definition) is 12. The van der Waals surface area contributed by atoms with Crippen LogP contribution in [0.3, 0.4) is 0 Å². The molecule has 1 unspecified atom stereocenters. The summed E-state index contributed by atoms with van der Waals surface area (Å²) < 4.78 is 23.1. The molecule has 0 saturated carbocycles. The number of unbranched alkanes of at least 4 members (excludes halogenated alkanes) is 2. The summed E-state index contributed by atoms with van der Waals surface area (Å²) in [6, 6.07) is -0.157. The molecule has 4 fully saturated rings. The summed E-state index contributed by atoms with van der Waals surface area (Å²) in [7, 11) is 0. The van der Waals surface area contributed by atoms with Gasteiger partial charge in [0.2, 0.25) is 11.8 Å². The van der Waals surface area contributed by atoms with Gasteiger partial charge < -0.3 is 39.5 Å². The van der Waals surface area contributed by atoms with Gasteiger partial charge in [-0.2, -0.15) is 0 Å². The van der Waals surface area contributed by atoms with E-state index < -0.39 is 53.8 Å². The molecule has 9 atom stereocenters. The lowest BCUT2D eigenvalue weighted by molar-refractivity contribution is -0.197. The van der Waals surface area contributed by atoms with Gasteiger partial charge in [0, 0.05) is 45.2 Å². The molecular formula is C38H55N3O12. The summed E-state index contributed by atoms with van der Waals surface area (Å²) in [5.74, 6) is -2.35. The van der Waals surface area contributed by atoms with Crippen molar-refractivity contribution in [1.29, 1.82) is 0 Å². The SMILES string of the molecule is CC(=O)OC(C)C=CC(=O)N[C@@H]1C[C@H](C)[C@H](C/C=C(C)/C=C/[C@H]2O[C@H](CC(=O)NCCCCCC(=O)ON3C(=O)CCC3=O)C[C@@]3(CO3)[C@@H]2O)O[C@@H]1C. The Morgan fingerprint density at radius 1 is 1.06 bits per heavy atom. The molecule has 1 spiro atoms. The van der Waals surface area contributed by atoms with E-state index in [2.05, 4.69) is 23.6 Å². The van der Waals surface area contributed by atoms with Crippen molar-refractivity contribution in [3.05, 3.63) is 36.0 Å².